The number of β-lactam (4-membered cyclic amide) rings is 1. The van der Waals surface area contributed by atoms with Crippen LogP contribution in [0.4, 0.5) is 0 Å². The number of thiocyanates is 1. The van der Waals surface area contributed by atoms with Crippen molar-refractivity contribution in [3.8, 4) is 11.2 Å². The van der Waals surface area contributed by atoms with Gasteiger partial charge in [-0.15, -0.1) is 11.8 Å². The second-order valence-corrected chi connectivity index (χ2v) is 8.60. The van der Waals surface area contributed by atoms with E-state index in [2.05, 4.69) is 0 Å². The third-order valence-electron chi connectivity index (χ3n) is 4.40. The van der Waals surface area contributed by atoms with Crippen LogP contribution in [0.15, 0.2) is 24.3 Å². The predicted octanol–water partition coefficient (Wildman–Crippen LogP) is 2.39. The number of amides is 1. The van der Waals surface area contributed by atoms with Gasteiger partial charge < -0.3 is 14.4 Å². The van der Waals surface area contributed by atoms with E-state index in [0.29, 0.717) is 12.2 Å². The van der Waals surface area contributed by atoms with Gasteiger partial charge in [0, 0.05) is 5.75 Å². The Balaban J connectivity index is 1.69. The summed E-state index contributed by atoms with van der Waals surface area (Å²) in [5, 5.41) is 10.9. The van der Waals surface area contributed by atoms with Crippen molar-refractivity contribution in [2.45, 2.75) is 36.1 Å². The summed E-state index contributed by atoms with van der Waals surface area (Å²) >= 11 is 2.69. The second-order valence-electron chi connectivity index (χ2n) is 6.13. The molecule has 0 radical (unpaired) electrons. The van der Waals surface area contributed by atoms with Crippen molar-refractivity contribution in [2.75, 3.05) is 12.9 Å². The summed E-state index contributed by atoms with van der Waals surface area (Å²) in [5.41, 5.74) is 0.847. The van der Waals surface area contributed by atoms with E-state index in [9.17, 15) is 9.59 Å². The molecule has 0 bridgehead atoms. The number of thioether (sulfide) groups is 2. The van der Waals surface area contributed by atoms with Gasteiger partial charge >= 0.3 is 5.97 Å². The fourth-order valence-electron chi connectivity index (χ4n) is 3.09. The molecule has 3 unspecified atom stereocenters. The Hall–Kier alpha value is -1.85. The lowest BCUT2D eigenvalue weighted by atomic mass is 9.98. The van der Waals surface area contributed by atoms with Crippen molar-refractivity contribution in [1.29, 1.82) is 5.26 Å². The van der Waals surface area contributed by atoms with Crippen molar-refractivity contribution in [3.63, 3.8) is 0 Å². The summed E-state index contributed by atoms with van der Waals surface area (Å²) in [6.45, 7) is 2.06. The number of hydrogen-bond acceptors (Lipinski definition) is 7. The van der Waals surface area contributed by atoms with Crippen LogP contribution in [0.2, 0.25) is 0 Å². The third kappa shape index (κ3) is 3.44. The van der Waals surface area contributed by atoms with E-state index in [1.165, 1.54) is 0 Å². The molecular formula is C17H18N2O4S2. The van der Waals surface area contributed by atoms with Crippen LogP contribution in [0.5, 0.6) is 5.75 Å². The first kappa shape index (κ1) is 18.0. The first-order valence-corrected chi connectivity index (χ1v) is 9.64. The summed E-state index contributed by atoms with van der Waals surface area (Å²) < 4.78 is 10.1. The maximum Gasteiger partial charge on any atom is 0.330 e. The summed E-state index contributed by atoms with van der Waals surface area (Å²) in [5.74, 6) is 0.753. The van der Waals surface area contributed by atoms with E-state index < -0.39 is 16.8 Å². The summed E-state index contributed by atoms with van der Waals surface area (Å²) in [6.07, 6.45) is 0.444. The predicted molar refractivity (Wildman–Crippen MR) is 95.9 cm³/mol. The van der Waals surface area contributed by atoms with E-state index in [0.717, 1.165) is 23.1 Å². The Kier molecular flexibility index (Phi) is 5.16. The highest BCUT2D eigenvalue weighted by Gasteiger charge is 2.60. The largest absolute Gasteiger partial charge is 0.497 e. The number of rotatable bonds is 6. The van der Waals surface area contributed by atoms with Gasteiger partial charge in [-0.2, -0.15) is 5.26 Å². The Morgan fingerprint density at radius 2 is 2.20 bits per heavy atom. The van der Waals surface area contributed by atoms with Crippen molar-refractivity contribution < 1.29 is 19.1 Å². The molecule has 6 nitrogen and oxygen atoms in total. The number of nitrogens with zero attached hydrogens (tertiary/aromatic N) is 2. The minimum absolute atomic E-state index is 0.00956. The lowest BCUT2D eigenvalue weighted by molar-refractivity contribution is -0.162. The van der Waals surface area contributed by atoms with E-state index >= 15 is 0 Å². The standard InChI is InChI=1S/C17H18N2O4S2/c1-17(9-24-10-18)15(19-13(20)7-14(19)25-17)16(21)23-8-11-3-5-12(22-2)6-4-11/h3-6,14-15H,7-9H2,1-2H3. The fraction of sp³-hybridized carbons (Fsp3) is 0.471. The van der Waals surface area contributed by atoms with E-state index in [4.69, 9.17) is 14.7 Å². The Morgan fingerprint density at radius 3 is 2.80 bits per heavy atom. The smallest absolute Gasteiger partial charge is 0.330 e. The maximum atomic E-state index is 12.7. The van der Waals surface area contributed by atoms with Crippen LogP contribution in [-0.2, 0) is 20.9 Å². The van der Waals surface area contributed by atoms with Gasteiger partial charge in [-0.3, -0.25) is 4.79 Å². The average molecular weight is 378 g/mol. The number of ether oxygens (including phenoxy) is 2. The molecule has 132 valence electrons. The number of methoxy groups -OCH3 is 1. The normalized spacial score (nSPS) is 27.2. The molecule has 2 heterocycles. The number of carbonyl (C=O) groups excluding carboxylic acids is 2. The van der Waals surface area contributed by atoms with Gasteiger partial charge in [0.2, 0.25) is 5.91 Å². The molecule has 3 rings (SSSR count). The number of benzene rings is 1. The van der Waals surface area contributed by atoms with Gasteiger partial charge in [-0.1, -0.05) is 12.1 Å². The first-order chi connectivity index (χ1) is 12.0. The molecule has 0 spiro atoms. The average Bonchev–Trinajstić information content (AvgIpc) is 2.86. The number of fused-ring (bicyclic) bond motifs is 1. The monoisotopic (exact) mass is 378 g/mol. The second kappa shape index (κ2) is 7.18. The molecule has 0 aliphatic carbocycles. The molecule has 0 saturated carbocycles. The third-order valence-corrected chi connectivity index (χ3v) is 7.02. The quantitative estimate of drug-likeness (QED) is 0.427. The van der Waals surface area contributed by atoms with Gasteiger partial charge in [-0.05, 0) is 36.4 Å². The molecule has 2 fully saturated rings. The number of carbonyl (C=O) groups is 2. The highest BCUT2D eigenvalue weighted by atomic mass is 32.2. The van der Waals surface area contributed by atoms with Crippen LogP contribution >= 0.6 is 23.5 Å². The minimum Gasteiger partial charge on any atom is -0.497 e. The maximum absolute atomic E-state index is 12.7. The van der Waals surface area contributed by atoms with Crippen LogP contribution in [0, 0.1) is 10.7 Å². The molecule has 2 saturated heterocycles. The number of nitriles is 1. The molecule has 8 heteroatoms. The molecule has 0 aromatic heterocycles. The van der Waals surface area contributed by atoms with Crippen LogP contribution in [0.1, 0.15) is 18.9 Å². The highest BCUT2D eigenvalue weighted by Crippen LogP contribution is 2.52. The molecule has 2 aliphatic rings. The van der Waals surface area contributed by atoms with Crippen LogP contribution in [0.3, 0.4) is 0 Å². The van der Waals surface area contributed by atoms with Gasteiger partial charge in [0.1, 0.15) is 23.8 Å². The highest BCUT2D eigenvalue weighted by molar-refractivity contribution is 8.06. The van der Waals surface area contributed by atoms with Crippen molar-refractivity contribution in [2.24, 2.45) is 0 Å². The van der Waals surface area contributed by atoms with Crippen molar-refractivity contribution >= 4 is 35.4 Å². The zero-order chi connectivity index (χ0) is 18.0. The van der Waals surface area contributed by atoms with Gasteiger partial charge in [-0.25, -0.2) is 4.79 Å². The zero-order valence-corrected chi connectivity index (χ0v) is 15.6. The summed E-state index contributed by atoms with van der Waals surface area (Å²) in [6, 6.07) is 6.62. The molecule has 1 aromatic rings. The lowest BCUT2D eigenvalue weighted by Crippen LogP contribution is -2.58. The molecule has 25 heavy (non-hydrogen) atoms. The molecule has 2 aliphatic heterocycles. The number of hydrogen-bond donors (Lipinski definition) is 0. The molecular weight excluding hydrogens is 360 g/mol. The van der Waals surface area contributed by atoms with Gasteiger partial charge in [0.25, 0.3) is 0 Å². The van der Waals surface area contributed by atoms with E-state index in [-0.39, 0.29) is 17.9 Å². The van der Waals surface area contributed by atoms with E-state index in [1.54, 1.807) is 35.9 Å². The number of esters is 1. The Labute approximate surface area is 154 Å². The SMILES string of the molecule is COc1ccc(COC(=O)C2N3C(=O)CC3SC2(C)CSC#N)cc1. The zero-order valence-electron chi connectivity index (χ0n) is 13.9. The van der Waals surface area contributed by atoms with Gasteiger partial charge in [0.15, 0.2) is 0 Å². The van der Waals surface area contributed by atoms with Crippen molar-refractivity contribution in [3.05, 3.63) is 29.8 Å². The van der Waals surface area contributed by atoms with Crippen LogP contribution in [-0.4, -0.2) is 45.8 Å². The molecule has 0 N–H and O–H groups in total. The topological polar surface area (TPSA) is 79.6 Å². The Bertz CT molecular complexity index is 718. The van der Waals surface area contributed by atoms with Crippen molar-refractivity contribution in [1.82, 2.24) is 4.90 Å². The minimum atomic E-state index is -0.650. The van der Waals surface area contributed by atoms with Crippen LogP contribution < -0.4 is 4.74 Å². The molecule has 3 atom stereocenters. The lowest BCUT2D eigenvalue weighted by Gasteiger charge is -2.37. The van der Waals surface area contributed by atoms with E-state index in [1.807, 2.05) is 24.5 Å². The molecule has 1 amide bonds. The first-order valence-electron chi connectivity index (χ1n) is 7.78. The fourth-order valence-corrected chi connectivity index (χ4v) is 5.58. The summed E-state index contributed by atoms with van der Waals surface area (Å²) in [4.78, 5) is 26.3. The summed E-state index contributed by atoms with van der Waals surface area (Å²) in [7, 11) is 1.59. The Morgan fingerprint density at radius 1 is 1.48 bits per heavy atom. The molecule has 1 aromatic carbocycles. The van der Waals surface area contributed by atoms with Crippen LogP contribution in [0.25, 0.3) is 0 Å². The van der Waals surface area contributed by atoms with Gasteiger partial charge in [0.05, 0.1) is 23.7 Å².